The minimum Gasteiger partial charge on any atom is -0.508 e. The van der Waals surface area contributed by atoms with Crippen molar-refractivity contribution in [2.45, 2.75) is 19.8 Å². The van der Waals surface area contributed by atoms with Gasteiger partial charge in [0, 0.05) is 23.7 Å². The van der Waals surface area contributed by atoms with Crippen molar-refractivity contribution in [2.75, 3.05) is 7.05 Å². The highest BCUT2D eigenvalue weighted by Crippen LogP contribution is 2.34. The number of nitrogens with zero attached hydrogens (tertiary/aromatic N) is 1. The average Bonchev–Trinajstić information content (AvgIpc) is 2.93. The van der Waals surface area contributed by atoms with Gasteiger partial charge in [0.05, 0.1) is 16.5 Å². The summed E-state index contributed by atoms with van der Waals surface area (Å²) < 4.78 is 15.3. The highest BCUT2D eigenvalue weighted by Gasteiger charge is 2.26. The van der Waals surface area contributed by atoms with Crippen LogP contribution < -0.4 is 5.32 Å². The van der Waals surface area contributed by atoms with Crippen LogP contribution in [0.5, 0.6) is 5.75 Å². The number of nitrogens with one attached hydrogen (secondary N) is 1. The van der Waals surface area contributed by atoms with Crippen LogP contribution in [0.25, 0.3) is 10.9 Å². The number of benzene rings is 2. The number of halogens is 2. The summed E-state index contributed by atoms with van der Waals surface area (Å²) in [6.45, 7) is 3.44. The van der Waals surface area contributed by atoms with Crippen LogP contribution in [0.15, 0.2) is 36.4 Å². The maximum atomic E-state index is 13.8. The Kier molecular flexibility index (Phi) is 4.93. The summed E-state index contributed by atoms with van der Waals surface area (Å²) in [6.07, 6.45) is 0. The van der Waals surface area contributed by atoms with E-state index in [4.69, 9.17) is 11.6 Å². The van der Waals surface area contributed by atoms with E-state index in [2.05, 4.69) is 5.32 Å². The zero-order valence-corrected chi connectivity index (χ0v) is 15.8. The number of rotatable bonds is 3. The van der Waals surface area contributed by atoms with Crippen molar-refractivity contribution in [3.05, 3.63) is 64.1 Å². The Hall–Kier alpha value is -2.86. The topological polar surface area (TPSA) is 71.3 Å². The van der Waals surface area contributed by atoms with Crippen molar-refractivity contribution >= 4 is 34.3 Å². The molecule has 1 aromatic heterocycles. The molecule has 0 radical (unpaired) electrons. The van der Waals surface area contributed by atoms with Gasteiger partial charge in [-0.15, -0.1) is 0 Å². The Bertz CT molecular complexity index is 1070. The van der Waals surface area contributed by atoms with Gasteiger partial charge in [-0.05, 0) is 55.8 Å². The van der Waals surface area contributed by atoms with Crippen LogP contribution in [0.4, 0.5) is 4.39 Å². The Morgan fingerprint density at radius 2 is 1.93 bits per heavy atom. The van der Waals surface area contributed by atoms with Crippen molar-refractivity contribution in [1.29, 1.82) is 0 Å². The van der Waals surface area contributed by atoms with Gasteiger partial charge >= 0.3 is 0 Å². The second kappa shape index (κ2) is 7.04. The van der Waals surface area contributed by atoms with Crippen LogP contribution >= 0.6 is 11.6 Å². The Balaban J connectivity index is 2.27. The molecular formula is C20H18ClFN2O3. The number of phenolic OH excluding ortho intramolecular Hbond substituents is 1. The maximum Gasteiger partial charge on any atom is 0.262 e. The van der Waals surface area contributed by atoms with Crippen LogP contribution in [0.2, 0.25) is 5.02 Å². The molecule has 1 atom stereocenters. The molecule has 0 aliphatic carbocycles. The first-order valence-electron chi connectivity index (χ1n) is 8.31. The quantitative estimate of drug-likeness (QED) is 0.712. The molecule has 27 heavy (non-hydrogen) atoms. The standard InChI is InChI=1S/C20H18ClFN2O3/c1-10(19(26)23-3)18-11(2)24(17-7-5-13(25)9-14(17)18)20(27)12-4-6-15(21)16(22)8-12/h4-10,25H,1-3H3,(H,23,26)/t10-/m1/s1. The Labute approximate surface area is 160 Å². The van der Waals surface area contributed by atoms with Gasteiger partial charge in [0.1, 0.15) is 11.6 Å². The van der Waals surface area contributed by atoms with Crippen molar-refractivity contribution in [3.63, 3.8) is 0 Å². The second-order valence-electron chi connectivity index (χ2n) is 6.31. The van der Waals surface area contributed by atoms with Crippen LogP contribution in [0.1, 0.15) is 34.5 Å². The van der Waals surface area contributed by atoms with Gasteiger partial charge in [-0.2, -0.15) is 0 Å². The average molecular weight is 389 g/mol. The monoisotopic (exact) mass is 388 g/mol. The minimum absolute atomic E-state index is 0.0231. The number of aromatic nitrogens is 1. The van der Waals surface area contributed by atoms with Crippen LogP contribution in [0, 0.1) is 12.7 Å². The molecule has 0 unspecified atom stereocenters. The van der Waals surface area contributed by atoms with Gasteiger partial charge < -0.3 is 10.4 Å². The zero-order valence-electron chi connectivity index (χ0n) is 15.0. The summed E-state index contributed by atoms with van der Waals surface area (Å²) in [7, 11) is 1.53. The van der Waals surface area contributed by atoms with E-state index in [9.17, 15) is 19.1 Å². The second-order valence-corrected chi connectivity index (χ2v) is 6.71. The number of phenols is 1. The van der Waals surface area contributed by atoms with E-state index in [1.807, 2.05) is 0 Å². The molecule has 0 spiro atoms. The van der Waals surface area contributed by atoms with E-state index >= 15 is 0 Å². The minimum atomic E-state index is -0.687. The van der Waals surface area contributed by atoms with Crippen molar-refractivity contribution in [2.24, 2.45) is 0 Å². The molecule has 0 saturated heterocycles. The van der Waals surface area contributed by atoms with E-state index in [-0.39, 0.29) is 22.2 Å². The van der Waals surface area contributed by atoms with Crippen molar-refractivity contribution in [1.82, 2.24) is 9.88 Å². The number of carbonyl (C=O) groups is 2. The summed E-state index contributed by atoms with van der Waals surface area (Å²) in [5.41, 5.74) is 1.83. The molecule has 3 rings (SSSR count). The van der Waals surface area contributed by atoms with Gasteiger partial charge in [-0.1, -0.05) is 11.6 Å². The van der Waals surface area contributed by atoms with Crippen molar-refractivity contribution in [3.8, 4) is 5.75 Å². The van der Waals surface area contributed by atoms with E-state index in [1.54, 1.807) is 19.9 Å². The normalized spacial score (nSPS) is 12.2. The third kappa shape index (κ3) is 3.17. The number of hydrogen-bond donors (Lipinski definition) is 2. The zero-order chi connectivity index (χ0) is 19.9. The fourth-order valence-electron chi connectivity index (χ4n) is 3.34. The molecule has 1 amide bonds. The highest BCUT2D eigenvalue weighted by atomic mass is 35.5. The third-order valence-electron chi connectivity index (χ3n) is 4.68. The van der Waals surface area contributed by atoms with E-state index in [1.165, 1.54) is 35.9 Å². The number of aromatic hydroxyl groups is 1. The van der Waals surface area contributed by atoms with Crippen molar-refractivity contribution < 1.29 is 19.1 Å². The first-order valence-corrected chi connectivity index (χ1v) is 8.69. The van der Waals surface area contributed by atoms with Gasteiger partial charge in [0.2, 0.25) is 5.91 Å². The number of carbonyl (C=O) groups excluding carboxylic acids is 2. The fourth-order valence-corrected chi connectivity index (χ4v) is 3.46. The van der Waals surface area contributed by atoms with E-state index in [0.29, 0.717) is 22.2 Å². The maximum absolute atomic E-state index is 13.8. The molecule has 0 aliphatic heterocycles. The molecule has 140 valence electrons. The summed E-state index contributed by atoms with van der Waals surface area (Å²) >= 11 is 5.71. The summed E-state index contributed by atoms with van der Waals surface area (Å²) in [6, 6.07) is 8.43. The van der Waals surface area contributed by atoms with Gasteiger partial charge in [0.25, 0.3) is 5.91 Å². The molecule has 5 nitrogen and oxygen atoms in total. The smallest absolute Gasteiger partial charge is 0.262 e. The molecular weight excluding hydrogens is 371 g/mol. The Morgan fingerprint density at radius 1 is 1.22 bits per heavy atom. The number of fused-ring (bicyclic) bond motifs is 1. The molecule has 0 fully saturated rings. The number of amides is 1. The lowest BCUT2D eigenvalue weighted by atomic mass is 9.97. The molecule has 0 bridgehead atoms. The molecule has 2 aromatic carbocycles. The first kappa shape index (κ1) is 18.9. The SMILES string of the molecule is CNC(=O)[C@H](C)c1c(C)n(C(=O)c2ccc(Cl)c(F)c2)c2ccc(O)cc12. The fraction of sp³-hybridized carbons (Fsp3) is 0.200. The highest BCUT2D eigenvalue weighted by molar-refractivity contribution is 6.30. The first-order chi connectivity index (χ1) is 12.8. The Morgan fingerprint density at radius 3 is 2.56 bits per heavy atom. The van der Waals surface area contributed by atoms with Crippen LogP contribution in [-0.2, 0) is 4.79 Å². The lowest BCUT2D eigenvalue weighted by Gasteiger charge is -2.12. The third-order valence-corrected chi connectivity index (χ3v) is 4.99. The largest absolute Gasteiger partial charge is 0.508 e. The summed E-state index contributed by atoms with van der Waals surface area (Å²) in [4.78, 5) is 25.3. The van der Waals surface area contributed by atoms with Crippen LogP contribution in [0.3, 0.4) is 0 Å². The molecule has 2 N–H and O–H groups in total. The van der Waals surface area contributed by atoms with Gasteiger partial charge in [-0.25, -0.2) is 4.39 Å². The molecule has 1 heterocycles. The predicted octanol–water partition coefficient (Wildman–Crippen LogP) is 3.99. The lowest BCUT2D eigenvalue weighted by Crippen LogP contribution is -2.24. The molecule has 7 heteroatoms. The summed E-state index contributed by atoms with van der Waals surface area (Å²) in [5, 5.41) is 13.0. The van der Waals surface area contributed by atoms with Gasteiger partial charge in [0.15, 0.2) is 0 Å². The predicted molar refractivity (Wildman–Crippen MR) is 102 cm³/mol. The van der Waals surface area contributed by atoms with Crippen LogP contribution in [-0.4, -0.2) is 28.5 Å². The summed E-state index contributed by atoms with van der Waals surface area (Å²) in [5.74, 6) is -1.88. The van der Waals surface area contributed by atoms with E-state index in [0.717, 1.165) is 6.07 Å². The van der Waals surface area contributed by atoms with Gasteiger partial charge in [-0.3, -0.25) is 14.2 Å². The lowest BCUT2D eigenvalue weighted by molar-refractivity contribution is -0.121. The number of likely N-dealkylation sites (N-methyl/N-ethyl adjacent to an activating group) is 1. The molecule has 0 aliphatic rings. The molecule has 0 saturated carbocycles. The number of hydrogen-bond acceptors (Lipinski definition) is 3. The van der Waals surface area contributed by atoms with E-state index < -0.39 is 17.6 Å². The molecule has 3 aromatic rings.